The van der Waals surface area contributed by atoms with E-state index in [1.165, 1.54) is 6.07 Å². The maximum atomic E-state index is 13.8. The maximum absolute atomic E-state index is 13.8. The lowest BCUT2D eigenvalue weighted by Gasteiger charge is -2.22. The monoisotopic (exact) mass is 313 g/mol. The number of hydrogen-bond donors (Lipinski definition) is 2. The topological polar surface area (TPSA) is 70.9 Å². The van der Waals surface area contributed by atoms with E-state index in [-0.39, 0.29) is 23.3 Å². The predicted molar refractivity (Wildman–Crippen MR) is 82.8 cm³/mol. The first-order chi connectivity index (χ1) is 11.1. The maximum Gasteiger partial charge on any atom is 0.287 e. The highest BCUT2D eigenvalue weighted by atomic mass is 19.1. The highest BCUT2D eigenvalue weighted by molar-refractivity contribution is 5.99. The number of nitrogens with one attached hydrogen (secondary N) is 2. The molecule has 2 aromatic heterocycles. The van der Waals surface area contributed by atoms with E-state index in [0.717, 1.165) is 30.5 Å². The van der Waals surface area contributed by atoms with Crippen LogP contribution in [0.2, 0.25) is 0 Å². The summed E-state index contributed by atoms with van der Waals surface area (Å²) in [4.78, 5) is 12.5. The van der Waals surface area contributed by atoms with E-state index in [1.807, 2.05) is 0 Å². The van der Waals surface area contributed by atoms with Crippen LogP contribution in [0.3, 0.4) is 0 Å². The van der Waals surface area contributed by atoms with E-state index in [1.54, 1.807) is 25.3 Å². The Bertz CT molecular complexity index is 897. The Kier molecular flexibility index (Phi) is 3.18. The van der Waals surface area contributed by atoms with Gasteiger partial charge in [-0.2, -0.15) is 5.10 Å². The summed E-state index contributed by atoms with van der Waals surface area (Å²) >= 11 is 0. The van der Waals surface area contributed by atoms with Crippen molar-refractivity contribution >= 4 is 16.9 Å². The second-order valence-corrected chi connectivity index (χ2v) is 5.96. The second-order valence-electron chi connectivity index (χ2n) is 5.96. The number of H-pyrrole nitrogens is 1. The number of para-hydroxylation sites is 1. The van der Waals surface area contributed by atoms with Crippen molar-refractivity contribution in [2.45, 2.75) is 32.2 Å². The molecular weight excluding hydrogens is 297 g/mol. The smallest absolute Gasteiger partial charge is 0.287 e. The average molecular weight is 313 g/mol. The molecule has 0 aliphatic heterocycles. The summed E-state index contributed by atoms with van der Waals surface area (Å²) in [7, 11) is 0. The van der Waals surface area contributed by atoms with Gasteiger partial charge in [-0.05, 0) is 37.8 Å². The van der Waals surface area contributed by atoms with Gasteiger partial charge in [0.05, 0.1) is 6.20 Å². The average Bonchev–Trinajstić information content (AvgIpc) is 3.13. The molecule has 2 heterocycles. The molecule has 6 heteroatoms. The van der Waals surface area contributed by atoms with E-state index >= 15 is 0 Å². The van der Waals surface area contributed by atoms with Gasteiger partial charge in [-0.15, -0.1) is 0 Å². The van der Waals surface area contributed by atoms with Gasteiger partial charge < -0.3 is 9.73 Å². The molecule has 1 atom stereocenters. The number of fused-ring (bicyclic) bond motifs is 2. The van der Waals surface area contributed by atoms with Crippen LogP contribution in [0.1, 0.15) is 33.8 Å². The van der Waals surface area contributed by atoms with Gasteiger partial charge in [0.15, 0.2) is 17.2 Å². The Balaban J connectivity index is 1.58. The number of aryl methyl sites for hydroxylation is 2. The zero-order valence-corrected chi connectivity index (χ0v) is 12.6. The summed E-state index contributed by atoms with van der Waals surface area (Å²) in [6, 6.07) is 4.73. The van der Waals surface area contributed by atoms with Crippen LogP contribution < -0.4 is 5.32 Å². The molecule has 1 aliphatic carbocycles. The van der Waals surface area contributed by atoms with Crippen LogP contribution in [0.15, 0.2) is 28.8 Å². The van der Waals surface area contributed by atoms with Crippen LogP contribution in [0.4, 0.5) is 4.39 Å². The van der Waals surface area contributed by atoms with Gasteiger partial charge in [0.1, 0.15) is 0 Å². The Morgan fingerprint density at radius 1 is 1.48 bits per heavy atom. The lowest BCUT2D eigenvalue weighted by Crippen LogP contribution is -2.38. The van der Waals surface area contributed by atoms with Gasteiger partial charge in [-0.3, -0.25) is 9.89 Å². The highest BCUT2D eigenvalue weighted by Crippen LogP contribution is 2.27. The highest BCUT2D eigenvalue weighted by Gasteiger charge is 2.25. The Hall–Kier alpha value is -2.63. The zero-order chi connectivity index (χ0) is 16.0. The number of rotatable bonds is 2. The van der Waals surface area contributed by atoms with E-state index in [9.17, 15) is 9.18 Å². The molecule has 2 N–H and O–H groups in total. The van der Waals surface area contributed by atoms with Crippen molar-refractivity contribution in [3.63, 3.8) is 0 Å². The minimum absolute atomic E-state index is 0.0325. The first-order valence-electron chi connectivity index (χ1n) is 7.63. The molecule has 118 valence electrons. The van der Waals surface area contributed by atoms with Crippen molar-refractivity contribution in [1.29, 1.82) is 0 Å². The Morgan fingerprint density at radius 2 is 2.35 bits per heavy atom. The summed E-state index contributed by atoms with van der Waals surface area (Å²) in [5.41, 5.74) is 3.07. The van der Waals surface area contributed by atoms with E-state index < -0.39 is 5.82 Å². The molecule has 0 unspecified atom stereocenters. The molecule has 23 heavy (non-hydrogen) atoms. The third kappa shape index (κ3) is 2.30. The minimum Gasteiger partial charge on any atom is -0.448 e. The number of aromatic nitrogens is 2. The number of benzene rings is 1. The number of hydrogen-bond acceptors (Lipinski definition) is 3. The Labute approximate surface area is 131 Å². The molecule has 0 radical (unpaired) electrons. The normalized spacial score (nSPS) is 17.2. The zero-order valence-electron chi connectivity index (χ0n) is 12.6. The molecule has 0 spiro atoms. The molecular formula is C17H16FN3O2. The molecule has 0 saturated carbocycles. The number of carbonyl (C=O) groups excluding carboxylic acids is 1. The quantitative estimate of drug-likeness (QED) is 0.764. The molecule has 3 aromatic rings. The van der Waals surface area contributed by atoms with Crippen LogP contribution in [-0.2, 0) is 12.8 Å². The SMILES string of the molecule is Cc1c(C(=O)N[C@@H]2CCc3[nH]ncc3C2)oc2c(F)cccc12. The van der Waals surface area contributed by atoms with Crippen molar-refractivity contribution in [2.75, 3.05) is 0 Å². The largest absolute Gasteiger partial charge is 0.448 e. The molecule has 0 saturated heterocycles. The first-order valence-corrected chi connectivity index (χ1v) is 7.63. The number of carbonyl (C=O) groups is 1. The summed E-state index contributed by atoms with van der Waals surface area (Å²) in [5, 5.41) is 10.6. The molecule has 4 rings (SSSR count). The molecule has 1 aromatic carbocycles. The molecule has 1 amide bonds. The third-order valence-electron chi connectivity index (χ3n) is 4.47. The summed E-state index contributed by atoms with van der Waals surface area (Å²) in [5.74, 6) is -0.566. The van der Waals surface area contributed by atoms with Crippen molar-refractivity contribution < 1.29 is 13.6 Å². The number of aromatic amines is 1. The van der Waals surface area contributed by atoms with E-state index in [4.69, 9.17) is 4.42 Å². The third-order valence-corrected chi connectivity index (χ3v) is 4.47. The second kappa shape index (κ2) is 5.22. The number of nitrogens with zero attached hydrogens (tertiary/aromatic N) is 1. The van der Waals surface area contributed by atoms with Crippen molar-refractivity contribution in [3.8, 4) is 0 Å². The van der Waals surface area contributed by atoms with E-state index in [0.29, 0.717) is 10.9 Å². The lowest BCUT2D eigenvalue weighted by atomic mass is 9.93. The van der Waals surface area contributed by atoms with Gasteiger partial charge in [0.25, 0.3) is 5.91 Å². The van der Waals surface area contributed by atoms with Crippen molar-refractivity contribution in [3.05, 3.63) is 52.8 Å². The van der Waals surface area contributed by atoms with E-state index in [2.05, 4.69) is 15.5 Å². The fourth-order valence-electron chi connectivity index (χ4n) is 3.22. The molecule has 1 aliphatic rings. The van der Waals surface area contributed by atoms with Gasteiger partial charge >= 0.3 is 0 Å². The standard InChI is InChI=1S/C17H16FN3O2/c1-9-12-3-2-4-13(18)16(12)23-15(9)17(22)20-11-5-6-14-10(7-11)8-19-21-14/h2-4,8,11H,5-7H2,1H3,(H,19,21)(H,20,22)/t11-/m1/s1. The predicted octanol–water partition coefficient (Wildman–Crippen LogP) is 2.89. The van der Waals surface area contributed by atoms with Crippen LogP contribution in [-0.4, -0.2) is 22.1 Å². The molecule has 5 nitrogen and oxygen atoms in total. The van der Waals surface area contributed by atoms with Crippen LogP contribution in [0.5, 0.6) is 0 Å². The van der Waals surface area contributed by atoms with Gasteiger partial charge in [0.2, 0.25) is 0 Å². The van der Waals surface area contributed by atoms with Crippen LogP contribution >= 0.6 is 0 Å². The fourth-order valence-corrected chi connectivity index (χ4v) is 3.22. The summed E-state index contributed by atoms with van der Waals surface area (Å²) < 4.78 is 19.3. The number of halogens is 1. The number of furan rings is 1. The first kappa shape index (κ1) is 14.0. The van der Waals surface area contributed by atoms with Gasteiger partial charge in [0, 0.05) is 22.7 Å². The van der Waals surface area contributed by atoms with Crippen molar-refractivity contribution in [1.82, 2.24) is 15.5 Å². The van der Waals surface area contributed by atoms with Crippen molar-refractivity contribution in [2.24, 2.45) is 0 Å². The molecule has 0 fully saturated rings. The number of amides is 1. The lowest BCUT2D eigenvalue weighted by molar-refractivity contribution is 0.0906. The molecule has 0 bridgehead atoms. The van der Waals surface area contributed by atoms with Crippen LogP contribution in [0, 0.1) is 12.7 Å². The summed E-state index contributed by atoms with van der Waals surface area (Å²) in [6.45, 7) is 1.77. The van der Waals surface area contributed by atoms with Crippen LogP contribution in [0.25, 0.3) is 11.0 Å². The fraction of sp³-hybridized carbons (Fsp3) is 0.294. The van der Waals surface area contributed by atoms with Gasteiger partial charge in [-0.1, -0.05) is 12.1 Å². The van der Waals surface area contributed by atoms with Gasteiger partial charge in [-0.25, -0.2) is 4.39 Å². The Morgan fingerprint density at radius 3 is 3.17 bits per heavy atom. The summed E-state index contributed by atoms with van der Waals surface area (Å²) in [6.07, 6.45) is 4.24. The minimum atomic E-state index is -0.453.